The Bertz CT molecular complexity index is 867. The van der Waals surface area contributed by atoms with Crippen LogP contribution in [0.25, 0.3) is 0 Å². The zero-order valence-corrected chi connectivity index (χ0v) is 15.4. The molecule has 0 bridgehead atoms. The molecule has 0 aromatic heterocycles. The number of hydrogen-bond donors (Lipinski definition) is 2. The molecule has 0 saturated carbocycles. The molecule has 0 aliphatic carbocycles. The van der Waals surface area contributed by atoms with Crippen LogP contribution in [-0.4, -0.2) is 44.9 Å². The van der Waals surface area contributed by atoms with Crippen molar-refractivity contribution in [2.75, 3.05) is 19.6 Å². The van der Waals surface area contributed by atoms with Crippen LogP contribution in [-0.2, 0) is 10.0 Å². The minimum absolute atomic E-state index is 0.105. The minimum atomic E-state index is -3.52. The van der Waals surface area contributed by atoms with Crippen molar-refractivity contribution < 1.29 is 13.2 Å². The van der Waals surface area contributed by atoms with Crippen LogP contribution in [0, 0.1) is 0 Å². The molecule has 1 fully saturated rings. The average Bonchev–Trinajstić information content (AvgIpc) is 3.03. The third-order valence-electron chi connectivity index (χ3n) is 4.63. The largest absolute Gasteiger partial charge is 0.336 e. The number of rotatable bonds is 5. The average molecular weight is 373 g/mol. The fourth-order valence-corrected chi connectivity index (χ4v) is 4.32. The number of amides is 1. The smallest absolute Gasteiger partial charge is 0.253 e. The van der Waals surface area contributed by atoms with Gasteiger partial charge < -0.3 is 10.6 Å². The van der Waals surface area contributed by atoms with Gasteiger partial charge in [-0.1, -0.05) is 37.3 Å². The number of likely N-dealkylation sites (tertiary alicyclic amines) is 1. The summed E-state index contributed by atoms with van der Waals surface area (Å²) in [5.74, 6) is -0.0279. The van der Waals surface area contributed by atoms with E-state index < -0.39 is 10.0 Å². The molecule has 2 aromatic carbocycles. The Balaban J connectivity index is 1.74. The maximum absolute atomic E-state index is 12.8. The van der Waals surface area contributed by atoms with Gasteiger partial charge in [-0.25, -0.2) is 13.1 Å². The molecule has 2 aromatic rings. The van der Waals surface area contributed by atoms with Crippen molar-refractivity contribution in [3.8, 4) is 0 Å². The fraction of sp³-hybridized carbons (Fsp3) is 0.316. The predicted octanol–water partition coefficient (Wildman–Crippen LogP) is 1.55. The molecule has 6 nitrogen and oxygen atoms in total. The van der Waals surface area contributed by atoms with E-state index in [0.29, 0.717) is 25.2 Å². The summed E-state index contributed by atoms with van der Waals surface area (Å²) in [7, 11) is -3.52. The Labute approximate surface area is 154 Å². The summed E-state index contributed by atoms with van der Waals surface area (Å²) < 4.78 is 26.4. The molecule has 26 heavy (non-hydrogen) atoms. The van der Waals surface area contributed by atoms with Gasteiger partial charge in [0.2, 0.25) is 10.0 Å². The first-order valence-electron chi connectivity index (χ1n) is 8.62. The van der Waals surface area contributed by atoms with E-state index in [1.165, 1.54) is 12.1 Å². The number of nitrogens with one attached hydrogen (secondary N) is 1. The van der Waals surface area contributed by atoms with Crippen molar-refractivity contribution >= 4 is 15.9 Å². The summed E-state index contributed by atoms with van der Waals surface area (Å²) >= 11 is 0. The molecule has 3 rings (SSSR count). The summed E-state index contributed by atoms with van der Waals surface area (Å²) in [5.41, 5.74) is 7.84. The van der Waals surface area contributed by atoms with E-state index in [9.17, 15) is 13.2 Å². The lowest BCUT2D eigenvalue weighted by atomic mass is 9.95. The highest BCUT2D eigenvalue weighted by Crippen LogP contribution is 2.27. The van der Waals surface area contributed by atoms with Gasteiger partial charge in [0.1, 0.15) is 0 Å². The molecule has 0 unspecified atom stereocenters. The van der Waals surface area contributed by atoms with Gasteiger partial charge in [-0.15, -0.1) is 0 Å². The molecule has 1 amide bonds. The van der Waals surface area contributed by atoms with Crippen LogP contribution in [0.15, 0.2) is 59.5 Å². The predicted molar refractivity (Wildman–Crippen MR) is 100 cm³/mol. The molecule has 7 heteroatoms. The lowest BCUT2D eigenvalue weighted by molar-refractivity contribution is 0.0789. The fourth-order valence-electron chi connectivity index (χ4n) is 3.28. The second-order valence-corrected chi connectivity index (χ2v) is 8.18. The van der Waals surface area contributed by atoms with Gasteiger partial charge in [-0.3, -0.25) is 4.79 Å². The zero-order valence-electron chi connectivity index (χ0n) is 14.6. The van der Waals surface area contributed by atoms with Crippen molar-refractivity contribution in [2.24, 2.45) is 5.73 Å². The highest BCUT2D eigenvalue weighted by molar-refractivity contribution is 7.89. The Hall–Kier alpha value is -2.22. The first kappa shape index (κ1) is 18.6. The van der Waals surface area contributed by atoms with E-state index in [4.69, 9.17) is 5.73 Å². The Kier molecular flexibility index (Phi) is 5.41. The van der Waals surface area contributed by atoms with Gasteiger partial charge >= 0.3 is 0 Å². The normalized spacial score (nSPS) is 20.3. The first-order valence-corrected chi connectivity index (χ1v) is 10.1. The lowest BCUT2D eigenvalue weighted by Crippen LogP contribution is -2.32. The Morgan fingerprint density at radius 2 is 1.77 bits per heavy atom. The van der Waals surface area contributed by atoms with E-state index in [2.05, 4.69) is 4.72 Å². The molecular formula is C19H23N3O3S. The molecule has 0 spiro atoms. The van der Waals surface area contributed by atoms with Gasteiger partial charge in [-0.2, -0.15) is 0 Å². The van der Waals surface area contributed by atoms with Gasteiger partial charge in [0.15, 0.2) is 0 Å². The zero-order chi connectivity index (χ0) is 18.7. The SMILES string of the molecule is CCNS(=O)(=O)c1ccc(C(=O)N2C[C@@H](N)[C@H](c3ccccc3)C2)cc1. The van der Waals surface area contributed by atoms with E-state index >= 15 is 0 Å². The van der Waals surface area contributed by atoms with Crippen LogP contribution < -0.4 is 10.5 Å². The molecule has 1 aliphatic heterocycles. The monoisotopic (exact) mass is 373 g/mol. The number of carbonyl (C=O) groups excluding carboxylic acids is 1. The number of benzene rings is 2. The highest BCUT2D eigenvalue weighted by atomic mass is 32.2. The molecule has 138 valence electrons. The molecule has 0 radical (unpaired) electrons. The lowest BCUT2D eigenvalue weighted by Gasteiger charge is -2.17. The van der Waals surface area contributed by atoms with Crippen LogP contribution in [0.4, 0.5) is 0 Å². The van der Waals surface area contributed by atoms with Crippen molar-refractivity contribution in [2.45, 2.75) is 23.8 Å². The Morgan fingerprint density at radius 3 is 2.38 bits per heavy atom. The van der Waals surface area contributed by atoms with E-state index in [1.54, 1.807) is 24.0 Å². The topological polar surface area (TPSA) is 92.5 Å². The molecule has 1 heterocycles. The van der Waals surface area contributed by atoms with Gasteiger partial charge in [0, 0.05) is 37.2 Å². The van der Waals surface area contributed by atoms with Crippen molar-refractivity contribution in [1.29, 1.82) is 0 Å². The van der Waals surface area contributed by atoms with Gasteiger partial charge in [0.05, 0.1) is 4.90 Å². The second kappa shape index (κ2) is 7.57. The molecular weight excluding hydrogens is 350 g/mol. The molecule has 2 atom stereocenters. The number of nitrogens with two attached hydrogens (primary N) is 1. The quantitative estimate of drug-likeness (QED) is 0.832. The number of nitrogens with zero attached hydrogens (tertiary/aromatic N) is 1. The van der Waals surface area contributed by atoms with Crippen molar-refractivity contribution in [3.63, 3.8) is 0 Å². The van der Waals surface area contributed by atoms with Crippen LogP contribution in [0.5, 0.6) is 0 Å². The first-order chi connectivity index (χ1) is 12.4. The summed E-state index contributed by atoms with van der Waals surface area (Å²) in [6, 6.07) is 15.8. The van der Waals surface area contributed by atoms with Crippen LogP contribution in [0.2, 0.25) is 0 Å². The maximum Gasteiger partial charge on any atom is 0.253 e. The van der Waals surface area contributed by atoms with Gasteiger partial charge in [-0.05, 0) is 29.8 Å². The summed E-state index contributed by atoms with van der Waals surface area (Å²) in [6.45, 7) is 3.07. The van der Waals surface area contributed by atoms with E-state index in [0.717, 1.165) is 5.56 Å². The van der Waals surface area contributed by atoms with Gasteiger partial charge in [0.25, 0.3) is 5.91 Å². The standard InChI is InChI=1S/C19H23N3O3S/c1-2-21-26(24,25)16-10-8-15(9-11-16)19(23)22-12-17(18(20)13-22)14-6-4-3-5-7-14/h3-11,17-18,21H,2,12-13,20H2,1H3/t17-,18+/m0/s1. The number of carbonyl (C=O) groups is 1. The van der Waals surface area contributed by atoms with Crippen molar-refractivity contribution in [1.82, 2.24) is 9.62 Å². The van der Waals surface area contributed by atoms with Crippen LogP contribution in [0.1, 0.15) is 28.8 Å². The highest BCUT2D eigenvalue weighted by Gasteiger charge is 2.34. The maximum atomic E-state index is 12.8. The molecule has 1 saturated heterocycles. The number of sulfonamides is 1. The van der Waals surface area contributed by atoms with E-state index in [1.807, 2.05) is 30.3 Å². The second-order valence-electron chi connectivity index (χ2n) is 6.42. The summed E-state index contributed by atoms with van der Waals surface area (Å²) in [5, 5.41) is 0. The van der Waals surface area contributed by atoms with Crippen LogP contribution >= 0.6 is 0 Å². The van der Waals surface area contributed by atoms with E-state index in [-0.39, 0.29) is 22.8 Å². The molecule has 1 aliphatic rings. The molecule has 3 N–H and O–H groups in total. The third-order valence-corrected chi connectivity index (χ3v) is 6.19. The number of hydrogen-bond acceptors (Lipinski definition) is 4. The summed E-state index contributed by atoms with van der Waals surface area (Å²) in [6.07, 6.45) is 0. The minimum Gasteiger partial charge on any atom is -0.336 e. The Morgan fingerprint density at radius 1 is 1.12 bits per heavy atom. The third kappa shape index (κ3) is 3.80. The summed E-state index contributed by atoms with van der Waals surface area (Å²) in [4.78, 5) is 14.6. The van der Waals surface area contributed by atoms with Crippen molar-refractivity contribution in [3.05, 3.63) is 65.7 Å². The van der Waals surface area contributed by atoms with Crippen LogP contribution in [0.3, 0.4) is 0 Å².